The van der Waals surface area contributed by atoms with Crippen LogP contribution in [0.15, 0.2) is 23.2 Å². The van der Waals surface area contributed by atoms with E-state index < -0.39 is 0 Å². The van der Waals surface area contributed by atoms with E-state index in [4.69, 9.17) is 9.47 Å². The first kappa shape index (κ1) is 19.6. The molecule has 1 rings (SSSR count). The number of methoxy groups -OCH3 is 2. The van der Waals surface area contributed by atoms with Crippen molar-refractivity contribution in [2.75, 3.05) is 34.4 Å². The van der Waals surface area contributed by atoms with E-state index in [9.17, 15) is 4.79 Å². The summed E-state index contributed by atoms with van der Waals surface area (Å²) in [5, 5.41) is 9.16. The van der Waals surface area contributed by atoms with E-state index >= 15 is 0 Å². The molecule has 3 N–H and O–H groups in total. The second-order valence-electron chi connectivity index (χ2n) is 5.14. The number of nitrogens with one attached hydrogen (secondary N) is 3. The average molecular weight is 336 g/mol. The molecule has 1 amide bonds. The molecule has 0 heterocycles. The molecule has 0 aliphatic carbocycles. The summed E-state index contributed by atoms with van der Waals surface area (Å²) < 4.78 is 10.5. The number of carbonyl (C=O) groups is 1. The first-order valence-electron chi connectivity index (χ1n) is 8.06. The Labute approximate surface area is 143 Å². The first-order valence-corrected chi connectivity index (χ1v) is 8.06. The molecule has 1 aromatic carbocycles. The zero-order chi connectivity index (χ0) is 17.8. The number of hydrogen-bond donors (Lipinski definition) is 3. The highest BCUT2D eigenvalue weighted by Crippen LogP contribution is 2.27. The van der Waals surface area contributed by atoms with Crippen LogP contribution in [0.4, 0.5) is 0 Å². The van der Waals surface area contributed by atoms with E-state index in [1.807, 2.05) is 25.1 Å². The van der Waals surface area contributed by atoms with Gasteiger partial charge in [-0.1, -0.05) is 13.0 Å². The Hall–Kier alpha value is -2.44. The fourth-order valence-corrected chi connectivity index (χ4v) is 2.04. The molecule has 1 aromatic rings. The van der Waals surface area contributed by atoms with Crippen molar-refractivity contribution in [2.45, 2.75) is 26.3 Å². The largest absolute Gasteiger partial charge is 0.493 e. The second-order valence-corrected chi connectivity index (χ2v) is 5.14. The highest BCUT2D eigenvalue weighted by atomic mass is 16.5. The number of hydrogen-bond acceptors (Lipinski definition) is 4. The Morgan fingerprint density at radius 3 is 2.46 bits per heavy atom. The predicted molar refractivity (Wildman–Crippen MR) is 95.7 cm³/mol. The highest BCUT2D eigenvalue weighted by Gasteiger charge is 2.06. The number of benzene rings is 1. The maximum absolute atomic E-state index is 11.5. The Kier molecular flexibility index (Phi) is 9.11. The third-order valence-corrected chi connectivity index (χ3v) is 3.35. The van der Waals surface area contributed by atoms with E-state index in [1.165, 1.54) is 0 Å². The number of carbonyl (C=O) groups excluding carboxylic acids is 1. The molecule has 0 aliphatic rings. The molecule has 0 spiro atoms. The monoisotopic (exact) mass is 336 g/mol. The van der Waals surface area contributed by atoms with Crippen LogP contribution in [0.3, 0.4) is 0 Å². The van der Waals surface area contributed by atoms with Crippen molar-refractivity contribution >= 4 is 11.9 Å². The topological polar surface area (TPSA) is 84.0 Å². The minimum Gasteiger partial charge on any atom is -0.493 e. The average Bonchev–Trinajstić information content (AvgIpc) is 2.62. The lowest BCUT2D eigenvalue weighted by Gasteiger charge is -2.13. The van der Waals surface area contributed by atoms with Crippen molar-refractivity contribution in [3.05, 3.63) is 23.8 Å². The number of amides is 1. The first-order chi connectivity index (χ1) is 11.6. The maximum atomic E-state index is 11.5. The van der Waals surface area contributed by atoms with Gasteiger partial charge >= 0.3 is 0 Å². The van der Waals surface area contributed by atoms with Crippen LogP contribution in [0.2, 0.25) is 0 Å². The van der Waals surface area contributed by atoms with E-state index in [0.717, 1.165) is 12.0 Å². The van der Waals surface area contributed by atoms with Gasteiger partial charge in [-0.25, -0.2) is 0 Å². The smallest absolute Gasteiger partial charge is 0.221 e. The van der Waals surface area contributed by atoms with E-state index in [1.54, 1.807) is 21.3 Å². The number of guanidine groups is 1. The third-order valence-electron chi connectivity index (χ3n) is 3.35. The van der Waals surface area contributed by atoms with Crippen LogP contribution in [0.5, 0.6) is 11.5 Å². The third kappa shape index (κ3) is 6.76. The second kappa shape index (κ2) is 11.2. The molecule has 0 bridgehead atoms. The van der Waals surface area contributed by atoms with Crippen LogP contribution in [0.25, 0.3) is 0 Å². The highest BCUT2D eigenvalue weighted by molar-refractivity contribution is 5.81. The normalized spacial score (nSPS) is 10.9. The standard InChI is InChI=1S/C17H28N4O3/c1-5-9-19-16(22)8-10-20-17(18-2)21-12-13-6-7-14(23-3)15(11-13)24-4/h6-7,11H,5,8-10,12H2,1-4H3,(H,19,22)(H2,18,20,21). The molecule has 0 aliphatic heterocycles. The van der Waals surface area contributed by atoms with Gasteiger partial charge in [0.25, 0.3) is 0 Å². The lowest BCUT2D eigenvalue weighted by molar-refractivity contribution is -0.120. The number of nitrogens with zero attached hydrogens (tertiary/aromatic N) is 1. The van der Waals surface area contributed by atoms with Gasteiger partial charge in [0.05, 0.1) is 14.2 Å². The van der Waals surface area contributed by atoms with Crippen LogP contribution in [0.1, 0.15) is 25.3 Å². The van der Waals surface area contributed by atoms with Crippen LogP contribution >= 0.6 is 0 Å². The summed E-state index contributed by atoms with van der Waals surface area (Å²) in [5.74, 6) is 2.07. The van der Waals surface area contributed by atoms with E-state index in [0.29, 0.717) is 43.5 Å². The molecule has 0 radical (unpaired) electrons. The molecular weight excluding hydrogens is 308 g/mol. The summed E-state index contributed by atoms with van der Waals surface area (Å²) in [7, 11) is 4.92. The predicted octanol–water partition coefficient (Wildman–Crippen LogP) is 1.29. The SMILES string of the molecule is CCCNC(=O)CCNC(=NC)NCc1ccc(OC)c(OC)c1. The summed E-state index contributed by atoms with van der Waals surface area (Å²) in [6, 6.07) is 5.74. The van der Waals surface area contributed by atoms with E-state index in [2.05, 4.69) is 20.9 Å². The molecule has 7 nitrogen and oxygen atoms in total. The molecule has 24 heavy (non-hydrogen) atoms. The lowest BCUT2D eigenvalue weighted by Crippen LogP contribution is -2.39. The Bertz CT molecular complexity index is 547. The number of aliphatic imine (C=N–C) groups is 1. The zero-order valence-corrected chi connectivity index (χ0v) is 14.9. The summed E-state index contributed by atoms with van der Waals surface area (Å²) in [6.45, 7) is 3.85. The lowest BCUT2D eigenvalue weighted by atomic mass is 10.2. The molecule has 0 unspecified atom stereocenters. The molecule has 0 saturated heterocycles. The van der Waals surface area contributed by atoms with Crippen molar-refractivity contribution in [2.24, 2.45) is 4.99 Å². The summed E-state index contributed by atoms with van der Waals surface area (Å²) in [5.41, 5.74) is 1.04. The van der Waals surface area contributed by atoms with Gasteiger partial charge in [-0.2, -0.15) is 0 Å². The maximum Gasteiger partial charge on any atom is 0.221 e. The van der Waals surface area contributed by atoms with Crippen molar-refractivity contribution in [1.82, 2.24) is 16.0 Å². The van der Waals surface area contributed by atoms with Gasteiger partial charge in [-0.15, -0.1) is 0 Å². The molecule has 134 valence electrons. The van der Waals surface area contributed by atoms with Gasteiger partial charge in [-0.3, -0.25) is 9.79 Å². The fraction of sp³-hybridized carbons (Fsp3) is 0.529. The fourth-order valence-electron chi connectivity index (χ4n) is 2.04. The van der Waals surface area contributed by atoms with Crippen molar-refractivity contribution in [3.8, 4) is 11.5 Å². The Balaban J connectivity index is 2.42. The minimum absolute atomic E-state index is 0.0414. The van der Waals surface area contributed by atoms with Gasteiger partial charge in [-0.05, 0) is 24.1 Å². The van der Waals surface area contributed by atoms with Gasteiger partial charge in [0.15, 0.2) is 17.5 Å². The molecule has 0 atom stereocenters. The summed E-state index contributed by atoms with van der Waals surface area (Å²) >= 11 is 0. The molecular formula is C17H28N4O3. The summed E-state index contributed by atoms with van der Waals surface area (Å²) in [6.07, 6.45) is 1.35. The molecule has 0 fully saturated rings. The Morgan fingerprint density at radius 2 is 1.83 bits per heavy atom. The van der Waals surface area contributed by atoms with Crippen LogP contribution in [-0.2, 0) is 11.3 Å². The van der Waals surface area contributed by atoms with Crippen molar-refractivity contribution < 1.29 is 14.3 Å². The van der Waals surface area contributed by atoms with Gasteiger partial charge < -0.3 is 25.4 Å². The van der Waals surface area contributed by atoms with Gasteiger partial charge in [0.2, 0.25) is 5.91 Å². The Morgan fingerprint density at radius 1 is 1.08 bits per heavy atom. The van der Waals surface area contributed by atoms with Crippen LogP contribution in [0, 0.1) is 0 Å². The molecule has 0 saturated carbocycles. The summed E-state index contributed by atoms with van der Waals surface area (Å²) in [4.78, 5) is 15.7. The zero-order valence-electron chi connectivity index (χ0n) is 14.9. The minimum atomic E-state index is 0.0414. The van der Waals surface area contributed by atoms with Crippen LogP contribution < -0.4 is 25.4 Å². The van der Waals surface area contributed by atoms with Gasteiger partial charge in [0, 0.05) is 33.1 Å². The molecule has 0 aromatic heterocycles. The number of ether oxygens (including phenoxy) is 2. The van der Waals surface area contributed by atoms with Crippen molar-refractivity contribution in [1.29, 1.82) is 0 Å². The van der Waals surface area contributed by atoms with Crippen LogP contribution in [-0.4, -0.2) is 46.2 Å². The van der Waals surface area contributed by atoms with Crippen molar-refractivity contribution in [3.63, 3.8) is 0 Å². The van der Waals surface area contributed by atoms with E-state index in [-0.39, 0.29) is 5.91 Å². The molecule has 7 heteroatoms. The van der Waals surface area contributed by atoms with Gasteiger partial charge in [0.1, 0.15) is 0 Å². The number of rotatable bonds is 9. The quantitative estimate of drug-likeness (QED) is 0.467.